The molecule has 0 fully saturated rings. The second-order valence-electron chi connectivity index (χ2n) is 10.7. The molecule has 41 heavy (non-hydrogen) atoms. The van der Waals surface area contributed by atoms with E-state index >= 15 is 0 Å². The van der Waals surface area contributed by atoms with Crippen LogP contribution in [-0.4, -0.2) is 60.2 Å². The number of quaternary nitrogens is 1. The average Bonchev–Trinajstić information content (AvgIpc) is 3.20. The van der Waals surface area contributed by atoms with Gasteiger partial charge in [0.05, 0.1) is 37.5 Å². The zero-order chi connectivity index (χ0) is 29.5. The standard InChI is InChI=1S/C30H33N3O8/c1-33(2,13-14-34)26-22(36)16-24-25(27(26)40-29(38)21(32)9-5-6-12-31)30(20-11-10-17(35)15-23(20)39-24)19-8-4-3-7-18(19)28(37)41-30/h3-4,7-8,10-11,15-16,34H,5-6,9,12-14,31-32H2,1-2H3,(H2-,35,36,38)/p+1/b29-21-. The highest BCUT2D eigenvalue weighted by molar-refractivity contribution is 5.97. The molecule has 5 rings (SSSR count). The van der Waals surface area contributed by atoms with E-state index < -0.39 is 17.5 Å². The van der Waals surface area contributed by atoms with Gasteiger partial charge in [0.25, 0.3) is 0 Å². The van der Waals surface area contributed by atoms with E-state index in [1.165, 1.54) is 18.2 Å². The molecule has 0 amide bonds. The van der Waals surface area contributed by atoms with Gasteiger partial charge in [0, 0.05) is 23.3 Å². The molecule has 0 radical (unpaired) electrons. The van der Waals surface area contributed by atoms with E-state index in [1.807, 2.05) is 0 Å². The molecule has 0 aromatic heterocycles. The molecule has 216 valence electrons. The predicted octanol–water partition coefficient (Wildman–Crippen LogP) is 3.42. The summed E-state index contributed by atoms with van der Waals surface area (Å²) < 4.78 is 18.4. The molecule has 0 saturated carbocycles. The first-order valence-corrected chi connectivity index (χ1v) is 13.3. The smallest absolute Gasteiger partial charge is 0.340 e. The van der Waals surface area contributed by atoms with Gasteiger partial charge in [-0.05, 0) is 44.0 Å². The largest absolute Gasteiger partial charge is 0.508 e. The van der Waals surface area contributed by atoms with Crippen molar-refractivity contribution in [2.75, 3.05) is 33.8 Å². The van der Waals surface area contributed by atoms with Crippen LogP contribution in [0.3, 0.4) is 0 Å². The third-order valence-electron chi connectivity index (χ3n) is 7.53. The molecule has 2 heterocycles. The fourth-order valence-electron chi connectivity index (χ4n) is 5.54. The molecular formula is C30H34N3O8+. The van der Waals surface area contributed by atoms with Gasteiger partial charge in [-0.2, -0.15) is 0 Å². The van der Waals surface area contributed by atoms with Gasteiger partial charge < -0.3 is 46.1 Å². The fraction of sp³-hybridized carbons (Fsp3) is 0.300. The first-order valence-electron chi connectivity index (χ1n) is 13.3. The monoisotopic (exact) mass is 564 g/mol. The van der Waals surface area contributed by atoms with Gasteiger partial charge in [0.15, 0.2) is 11.4 Å². The van der Waals surface area contributed by atoms with Gasteiger partial charge >= 0.3 is 11.9 Å². The highest BCUT2D eigenvalue weighted by Crippen LogP contribution is 2.62. The summed E-state index contributed by atoms with van der Waals surface area (Å²) in [6, 6.07) is 12.7. The highest BCUT2D eigenvalue weighted by atomic mass is 16.6. The summed E-state index contributed by atoms with van der Waals surface area (Å²) in [7, 11) is 3.49. The van der Waals surface area contributed by atoms with Crippen LogP contribution in [-0.2, 0) is 10.3 Å². The lowest BCUT2D eigenvalue weighted by atomic mass is 9.76. The minimum absolute atomic E-state index is 0.0547. The summed E-state index contributed by atoms with van der Waals surface area (Å²) in [5.41, 5.74) is 11.8. The zero-order valence-corrected chi connectivity index (χ0v) is 22.9. The number of allylic oxidation sites excluding steroid dienone is 1. The first kappa shape index (κ1) is 28.1. The zero-order valence-electron chi connectivity index (χ0n) is 22.9. The molecule has 0 saturated heterocycles. The summed E-state index contributed by atoms with van der Waals surface area (Å²) in [6.07, 6.45) is 1.60. The maximum Gasteiger partial charge on any atom is 0.340 e. The Morgan fingerprint density at radius 1 is 1.05 bits per heavy atom. The van der Waals surface area contributed by atoms with Gasteiger partial charge in [0.2, 0.25) is 11.4 Å². The number of nitrogens with zero attached hydrogens (tertiary/aromatic N) is 1. The number of hydrogen-bond donors (Lipinski definition) is 6. The Labute approximate surface area is 237 Å². The van der Waals surface area contributed by atoms with Crippen molar-refractivity contribution >= 4 is 11.7 Å². The van der Waals surface area contributed by atoms with E-state index in [1.54, 1.807) is 44.4 Å². The van der Waals surface area contributed by atoms with E-state index in [4.69, 9.17) is 25.7 Å². The van der Waals surface area contributed by atoms with Crippen LogP contribution in [0.4, 0.5) is 5.69 Å². The topological polar surface area (TPSA) is 178 Å². The molecule has 11 nitrogen and oxygen atoms in total. The maximum atomic E-state index is 13.3. The number of hydrogen-bond acceptors (Lipinski definition) is 10. The lowest BCUT2D eigenvalue weighted by molar-refractivity contribution is 0.0213. The van der Waals surface area contributed by atoms with Crippen LogP contribution in [0.1, 0.15) is 46.3 Å². The Kier molecular flexibility index (Phi) is 7.20. The van der Waals surface area contributed by atoms with Crippen molar-refractivity contribution in [3.8, 4) is 28.7 Å². The lowest BCUT2D eigenvalue weighted by Gasteiger charge is -2.39. The Bertz CT molecular complexity index is 1550. The molecule has 8 N–H and O–H groups in total. The van der Waals surface area contributed by atoms with E-state index in [2.05, 4.69) is 0 Å². The number of fused-ring (bicyclic) bond motifs is 6. The van der Waals surface area contributed by atoms with Crippen LogP contribution < -0.4 is 25.4 Å². The number of phenols is 2. The number of likely N-dealkylation sites (N-methyl/N-ethyl adjacent to an activating group) is 1. The quantitative estimate of drug-likeness (QED) is 0.0976. The van der Waals surface area contributed by atoms with Gasteiger partial charge in [-0.1, -0.05) is 18.2 Å². The van der Waals surface area contributed by atoms with Crippen molar-refractivity contribution < 1.29 is 39.4 Å². The lowest BCUT2D eigenvalue weighted by Crippen LogP contribution is -2.44. The molecular weight excluding hydrogens is 530 g/mol. The molecule has 1 spiro atoms. The molecule has 2 aliphatic heterocycles. The molecule has 1 unspecified atom stereocenters. The third-order valence-corrected chi connectivity index (χ3v) is 7.53. The van der Waals surface area contributed by atoms with Gasteiger partial charge in [-0.25, -0.2) is 4.79 Å². The minimum Gasteiger partial charge on any atom is -0.508 e. The summed E-state index contributed by atoms with van der Waals surface area (Å²) in [6.45, 7) is 0.396. The molecule has 3 aromatic rings. The number of aliphatic hydroxyl groups excluding tert-OH is 2. The maximum absolute atomic E-state index is 13.3. The Balaban J connectivity index is 1.86. The highest BCUT2D eigenvalue weighted by Gasteiger charge is 2.57. The van der Waals surface area contributed by atoms with Gasteiger partial charge in [-0.3, -0.25) is 4.48 Å². The Hall–Kier alpha value is -4.45. The van der Waals surface area contributed by atoms with Crippen LogP contribution in [0, 0.1) is 0 Å². The molecule has 1 atom stereocenters. The number of carbonyl (C=O) groups excluding carboxylic acids is 1. The Morgan fingerprint density at radius 3 is 2.54 bits per heavy atom. The number of benzene rings is 3. The summed E-state index contributed by atoms with van der Waals surface area (Å²) >= 11 is 0. The van der Waals surface area contributed by atoms with Crippen LogP contribution in [0.15, 0.2) is 60.2 Å². The second kappa shape index (κ2) is 10.5. The van der Waals surface area contributed by atoms with Crippen molar-refractivity contribution in [2.45, 2.75) is 24.9 Å². The van der Waals surface area contributed by atoms with Crippen molar-refractivity contribution in [1.82, 2.24) is 4.48 Å². The normalized spacial score (nSPS) is 17.7. The fourth-order valence-corrected chi connectivity index (χ4v) is 5.54. The van der Waals surface area contributed by atoms with Crippen LogP contribution >= 0.6 is 0 Å². The van der Waals surface area contributed by atoms with E-state index in [9.17, 15) is 25.2 Å². The average molecular weight is 565 g/mol. The third kappa shape index (κ3) is 4.57. The van der Waals surface area contributed by atoms with Crippen molar-refractivity contribution in [1.29, 1.82) is 0 Å². The number of esters is 1. The van der Waals surface area contributed by atoms with Crippen molar-refractivity contribution in [3.05, 3.63) is 82.4 Å². The summed E-state index contributed by atoms with van der Waals surface area (Å²) in [4.78, 5) is 13.3. The molecule has 11 heteroatoms. The van der Waals surface area contributed by atoms with Gasteiger partial charge in [0.1, 0.15) is 23.8 Å². The van der Waals surface area contributed by atoms with E-state index in [0.717, 1.165) is 0 Å². The van der Waals surface area contributed by atoms with Gasteiger partial charge in [-0.15, -0.1) is 0 Å². The van der Waals surface area contributed by atoms with Crippen LogP contribution in [0.5, 0.6) is 28.7 Å². The molecule has 0 aliphatic carbocycles. The molecule has 3 aromatic carbocycles. The number of unbranched alkanes of at least 4 members (excludes halogenated alkanes) is 1. The predicted molar refractivity (Wildman–Crippen MR) is 151 cm³/mol. The molecule has 0 bridgehead atoms. The minimum atomic E-state index is -1.64. The van der Waals surface area contributed by atoms with Crippen molar-refractivity contribution in [2.24, 2.45) is 11.5 Å². The SMILES string of the molecule is C[N+](C)(CCO)c1c(O)cc2c(c1O/C(O)=C(\N)CCCCN)C1(OC(=O)c3ccccc31)c1ccc(O)cc1O2. The van der Waals surface area contributed by atoms with Crippen molar-refractivity contribution in [3.63, 3.8) is 0 Å². The van der Waals surface area contributed by atoms with E-state index in [0.29, 0.717) is 42.5 Å². The number of rotatable bonds is 9. The summed E-state index contributed by atoms with van der Waals surface area (Å²) in [5.74, 6) is -1.32. The number of carbonyl (C=O) groups is 1. The first-order chi connectivity index (χ1) is 19.5. The Morgan fingerprint density at radius 2 is 1.80 bits per heavy atom. The van der Waals surface area contributed by atoms with Crippen LogP contribution in [0.2, 0.25) is 0 Å². The number of ether oxygens (including phenoxy) is 3. The summed E-state index contributed by atoms with van der Waals surface area (Å²) in [5, 5.41) is 42.5. The van der Waals surface area contributed by atoms with E-state index in [-0.39, 0.29) is 63.3 Å². The number of nitrogens with two attached hydrogens (primary N) is 2. The van der Waals surface area contributed by atoms with Crippen LogP contribution in [0.25, 0.3) is 0 Å². The number of phenolic OH excluding ortho intramolecular Hbond substituents is 2. The second-order valence-corrected chi connectivity index (χ2v) is 10.7. The number of aromatic hydroxyl groups is 2. The molecule has 2 aliphatic rings. The number of aliphatic hydroxyl groups is 2.